The summed E-state index contributed by atoms with van der Waals surface area (Å²) in [7, 11) is 0. The number of nitrogens with zero attached hydrogens (tertiary/aromatic N) is 1. The molecule has 0 saturated heterocycles. The fourth-order valence-electron chi connectivity index (χ4n) is 1.42. The molecule has 1 heterocycles. The average molecular weight is 220 g/mol. The van der Waals surface area contributed by atoms with Gasteiger partial charge in [0.2, 0.25) is 0 Å². The normalized spacial score (nSPS) is 10.4. The Morgan fingerprint density at radius 1 is 1.38 bits per heavy atom. The maximum absolute atomic E-state index is 12.7. The van der Waals surface area contributed by atoms with Crippen molar-refractivity contribution in [1.29, 1.82) is 0 Å². The second-order valence-corrected chi connectivity index (χ2v) is 3.26. The molecule has 0 aliphatic rings. The van der Waals surface area contributed by atoms with Gasteiger partial charge in [-0.15, -0.1) is 0 Å². The molecule has 16 heavy (non-hydrogen) atoms. The lowest BCUT2D eigenvalue weighted by atomic mass is 10.1. The van der Waals surface area contributed by atoms with Gasteiger partial charge in [-0.1, -0.05) is 5.16 Å². The molecule has 0 saturated carbocycles. The van der Waals surface area contributed by atoms with Crippen molar-refractivity contribution in [2.24, 2.45) is 0 Å². The van der Waals surface area contributed by atoms with Crippen molar-refractivity contribution in [3.63, 3.8) is 0 Å². The molecule has 1 aromatic heterocycles. The van der Waals surface area contributed by atoms with E-state index in [1.165, 1.54) is 31.2 Å². The monoisotopic (exact) mass is 220 g/mol. The van der Waals surface area contributed by atoms with E-state index in [2.05, 4.69) is 5.16 Å². The highest BCUT2D eigenvalue weighted by molar-refractivity contribution is 5.94. The van der Waals surface area contributed by atoms with Crippen LogP contribution in [0.25, 0.3) is 11.3 Å². The Hall–Kier alpha value is -2.17. The van der Waals surface area contributed by atoms with E-state index in [0.29, 0.717) is 5.56 Å². The summed E-state index contributed by atoms with van der Waals surface area (Å²) in [6, 6.07) is 5.30. The van der Waals surface area contributed by atoms with E-state index in [0.717, 1.165) is 0 Å². The summed E-state index contributed by atoms with van der Waals surface area (Å²) >= 11 is 0. The Morgan fingerprint density at radius 3 is 2.56 bits per heavy atom. The number of aryl methyl sites for hydroxylation is 1. The number of carbonyl (C=O) groups excluding carboxylic acids is 1. The molecule has 1 aromatic carbocycles. The Balaban J connectivity index is 2.56. The summed E-state index contributed by atoms with van der Waals surface area (Å²) in [4.78, 5) is 10.9. The van der Waals surface area contributed by atoms with E-state index >= 15 is 0 Å². The van der Waals surface area contributed by atoms with Crippen LogP contribution in [0.1, 0.15) is 16.1 Å². The van der Waals surface area contributed by atoms with Gasteiger partial charge in [0, 0.05) is 5.56 Å². The molecular formula is C11H7FNO3-. The molecule has 0 aliphatic carbocycles. The van der Waals surface area contributed by atoms with Gasteiger partial charge >= 0.3 is 0 Å². The molecule has 0 atom stereocenters. The third kappa shape index (κ3) is 1.67. The predicted molar refractivity (Wildman–Crippen MR) is 51.0 cm³/mol. The number of carboxylic acids is 1. The minimum absolute atomic E-state index is 0.105. The zero-order valence-electron chi connectivity index (χ0n) is 8.36. The van der Waals surface area contributed by atoms with E-state index in [1.807, 2.05) is 0 Å². The molecule has 2 aromatic rings. The first-order chi connectivity index (χ1) is 7.59. The third-order valence-corrected chi connectivity index (χ3v) is 2.18. The largest absolute Gasteiger partial charge is 0.545 e. The Kier molecular flexibility index (Phi) is 2.44. The van der Waals surface area contributed by atoms with Crippen LogP contribution in [0, 0.1) is 12.7 Å². The van der Waals surface area contributed by atoms with Crippen molar-refractivity contribution >= 4 is 5.97 Å². The first kappa shape index (κ1) is 10.4. The molecule has 5 heteroatoms. The fourth-order valence-corrected chi connectivity index (χ4v) is 1.42. The highest BCUT2D eigenvalue weighted by atomic mass is 19.1. The van der Waals surface area contributed by atoms with Crippen LogP contribution in [0.5, 0.6) is 0 Å². The summed E-state index contributed by atoms with van der Waals surface area (Å²) in [6.07, 6.45) is 0. The van der Waals surface area contributed by atoms with Crippen LogP contribution in [0.15, 0.2) is 28.8 Å². The maximum atomic E-state index is 12.7. The maximum Gasteiger partial charge on any atom is 0.143 e. The second kappa shape index (κ2) is 3.77. The van der Waals surface area contributed by atoms with Crippen LogP contribution < -0.4 is 5.11 Å². The third-order valence-electron chi connectivity index (χ3n) is 2.18. The second-order valence-electron chi connectivity index (χ2n) is 3.26. The van der Waals surface area contributed by atoms with Crippen molar-refractivity contribution in [1.82, 2.24) is 5.16 Å². The van der Waals surface area contributed by atoms with Gasteiger partial charge in [0.05, 0.1) is 11.5 Å². The molecule has 0 unspecified atom stereocenters. The Labute approximate surface area is 90.3 Å². The molecule has 0 N–H and O–H groups in total. The van der Waals surface area contributed by atoms with E-state index in [9.17, 15) is 14.3 Å². The lowest BCUT2D eigenvalue weighted by molar-refractivity contribution is -0.255. The van der Waals surface area contributed by atoms with Gasteiger partial charge in [-0.05, 0) is 31.2 Å². The minimum Gasteiger partial charge on any atom is -0.545 e. The minimum atomic E-state index is -1.36. The van der Waals surface area contributed by atoms with Crippen LogP contribution in [-0.2, 0) is 0 Å². The number of carboxylic acid groups (broad SMARTS) is 1. The summed E-state index contributed by atoms with van der Waals surface area (Å²) in [6.45, 7) is 1.48. The molecular weight excluding hydrogens is 213 g/mol. The van der Waals surface area contributed by atoms with E-state index in [1.54, 1.807) is 0 Å². The number of halogens is 1. The fraction of sp³-hybridized carbons (Fsp3) is 0.0909. The molecule has 82 valence electrons. The van der Waals surface area contributed by atoms with Crippen molar-refractivity contribution in [2.45, 2.75) is 6.92 Å². The molecule has 0 radical (unpaired) electrons. The van der Waals surface area contributed by atoms with Gasteiger partial charge in [0.25, 0.3) is 0 Å². The van der Waals surface area contributed by atoms with Crippen LogP contribution in [0.2, 0.25) is 0 Å². The SMILES string of the molecule is Cc1onc(-c2ccc(F)cc2)c1C(=O)[O-]. The molecule has 0 spiro atoms. The van der Waals surface area contributed by atoms with Gasteiger partial charge in [0.15, 0.2) is 0 Å². The predicted octanol–water partition coefficient (Wildman–Crippen LogP) is 1.15. The van der Waals surface area contributed by atoms with E-state index < -0.39 is 11.8 Å². The summed E-state index contributed by atoms with van der Waals surface area (Å²) in [5.41, 5.74) is 0.515. The van der Waals surface area contributed by atoms with Crippen molar-refractivity contribution in [2.75, 3.05) is 0 Å². The topological polar surface area (TPSA) is 66.2 Å². The molecule has 0 aliphatic heterocycles. The zero-order chi connectivity index (χ0) is 11.7. The first-order valence-electron chi connectivity index (χ1n) is 4.53. The summed E-state index contributed by atoms with van der Waals surface area (Å²) in [5.74, 6) is -1.60. The number of rotatable bonds is 2. The van der Waals surface area contributed by atoms with Crippen LogP contribution in [0.3, 0.4) is 0 Å². The highest BCUT2D eigenvalue weighted by Crippen LogP contribution is 2.24. The number of aromatic carboxylic acids is 1. The van der Waals surface area contributed by atoms with Gasteiger partial charge in [-0.25, -0.2) is 4.39 Å². The lowest BCUT2D eigenvalue weighted by Gasteiger charge is -2.02. The van der Waals surface area contributed by atoms with Crippen LogP contribution in [0.4, 0.5) is 4.39 Å². The van der Waals surface area contributed by atoms with Gasteiger partial charge in [-0.2, -0.15) is 0 Å². The van der Waals surface area contributed by atoms with Crippen molar-refractivity contribution in [3.05, 3.63) is 41.4 Å². The standard InChI is InChI=1S/C11H8FNO3/c1-6-9(11(14)15)10(13-16-6)7-2-4-8(12)5-3-7/h2-5H,1H3,(H,14,15)/p-1. The number of hydrogen-bond donors (Lipinski definition) is 0. The Morgan fingerprint density at radius 2 is 2.00 bits per heavy atom. The summed E-state index contributed by atoms with van der Waals surface area (Å²) in [5, 5.41) is 14.5. The Bertz CT molecular complexity index is 531. The molecule has 0 bridgehead atoms. The number of carbonyl (C=O) groups is 1. The molecule has 0 amide bonds. The lowest BCUT2D eigenvalue weighted by Crippen LogP contribution is -2.23. The number of hydrogen-bond acceptors (Lipinski definition) is 4. The van der Waals surface area contributed by atoms with Crippen molar-refractivity contribution in [3.8, 4) is 11.3 Å². The zero-order valence-corrected chi connectivity index (χ0v) is 8.36. The van der Waals surface area contributed by atoms with Gasteiger partial charge in [0.1, 0.15) is 17.3 Å². The van der Waals surface area contributed by atoms with E-state index in [4.69, 9.17) is 4.52 Å². The van der Waals surface area contributed by atoms with Crippen molar-refractivity contribution < 1.29 is 18.8 Å². The van der Waals surface area contributed by atoms with Crippen LogP contribution in [-0.4, -0.2) is 11.1 Å². The number of benzene rings is 1. The summed E-state index contributed by atoms with van der Waals surface area (Å²) < 4.78 is 17.5. The van der Waals surface area contributed by atoms with Gasteiger partial charge in [-0.3, -0.25) is 0 Å². The smallest absolute Gasteiger partial charge is 0.143 e. The highest BCUT2D eigenvalue weighted by Gasteiger charge is 2.15. The average Bonchev–Trinajstić information content (AvgIpc) is 2.61. The van der Waals surface area contributed by atoms with Crippen LogP contribution >= 0.6 is 0 Å². The quantitative estimate of drug-likeness (QED) is 0.761. The molecule has 0 fully saturated rings. The molecule has 4 nitrogen and oxygen atoms in total. The van der Waals surface area contributed by atoms with E-state index in [-0.39, 0.29) is 17.0 Å². The first-order valence-corrected chi connectivity index (χ1v) is 4.53. The van der Waals surface area contributed by atoms with Gasteiger partial charge < -0.3 is 14.4 Å². The number of aromatic nitrogens is 1. The molecule has 2 rings (SSSR count).